The minimum absolute atomic E-state index is 0.565. The summed E-state index contributed by atoms with van der Waals surface area (Å²) >= 11 is 0. The molecule has 2 rings (SSSR count). The van der Waals surface area contributed by atoms with E-state index in [2.05, 4.69) is 0 Å². The molecule has 0 amide bonds. The summed E-state index contributed by atoms with van der Waals surface area (Å²) in [5.41, 5.74) is 1.30. The average molecular weight is 265 g/mol. The Balaban J connectivity index is 2.15. The lowest BCUT2D eigenvalue weighted by atomic mass is 10.2. The van der Waals surface area contributed by atoms with Gasteiger partial charge in [0.1, 0.15) is 11.5 Å². The molecule has 20 heavy (non-hydrogen) atoms. The fourth-order valence-electron chi connectivity index (χ4n) is 1.58. The summed E-state index contributed by atoms with van der Waals surface area (Å²) < 4.78 is 5.63. The molecule has 1 N–H and O–H groups in total. The maximum absolute atomic E-state index is 10.5. The second-order valence-corrected chi connectivity index (χ2v) is 3.98. The standard InChI is InChI=1S/C16H11NO3/c17-11-13-4-7-14(8-5-13)20-15-3-1-2-12(10-15)6-9-16(18)19/h1-10H,(H,18,19). The highest BCUT2D eigenvalue weighted by molar-refractivity contribution is 5.85. The van der Waals surface area contributed by atoms with Crippen LogP contribution in [0, 0.1) is 11.3 Å². The minimum Gasteiger partial charge on any atom is -0.478 e. The van der Waals surface area contributed by atoms with Crippen LogP contribution >= 0.6 is 0 Å². The molecule has 2 aromatic carbocycles. The molecular weight excluding hydrogens is 254 g/mol. The Morgan fingerprint density at radius 1 is 1.15 bits per heavy atom. The number of hydrogen-bond acceptors (Lipinski definition) is 3. The molecule has 0 heterocycles. The van der Waals surface area contributed by atoms with E-state index in [4.69, 9.17) is 15.1 Å². The van der Waals surface area contributed by atoms with Crippen molar-refractivity contribution in [3.05, 3.63) is 65.7 Å². The first-order valence-corrected chi connectivity index (χ1v) is 5.86. The van der Waals surface area contributed by atoms with Crippen molar-refractivity contribution in [2.75, 3.05) is 0 Å². The van der Waals surface area contributed by atoms with E-state index in [1.54, 1.807) is 48.5 Å². The summed E-state index contributed by atoms with van der Waals surface area (Å²) in [6.07, 6.45) is 2.56. The van der Waals surface area contributed by atoms with Gasteiger partial charge in [-0.1, -0.05) is 12.1 Å². The van der Waals surface area contributed by atoms with Crippen molar-refractivity contribution < 1.29 is 14.6 Å². The fourth-order valence-corrected chi connectivity index (χ4v) is 1.58. The third-order valence-electron chi connectivity index (χ3n) is 2.50. The third-order valence-corrected chi connectivity index (χ3v) is 2.50. The molecule has 0 aliphatic heterocycles. The minimum atomic E-state index is -0.997. The quantitative estimate of drug-likeness (QED) is 0.859. The van der Waals surface area contributed by atoms with Gasteiger partial charge in [0.2, 0.25) is 0 Å². The van der Waals surface area contributed by atoms with Gasteiger partial charge in [0.25, 0.3) is 0 Å². The van der Waals surface area contributed by atoms with Crippen LogP contribution in [0.25, 0.3) is 6.08 Å². The average Bonchev–Trinajstić information content (AvgIpc) is 2.46. The van der Waals surface area contributed by atoms with Crippen molar-refractivity contribution >= 4 is 12.0 Å². The molecule has 98 valence electrons. The molecule has 0 spiro atoms. The number of hydrogen-bond donors (Lipinski definition) is 1. The number of carbonyl (C=O) groups is 1. The van der Waals surface area contributed by atoms with Crippen molar-refractivity contribution in [2.24, 2.45) is 0 Å². The molecule has 0 saturated heterocycles. The molecule has 0 aromatic heterocycles. The summed E-state index contributed by atoms with van der Waals surface area (Å²) in [5.74, 6) is 0.217. The maximum Gasteiger partial charge on any atom is 0.328 e. The molecule has 2 aromatic rings. The second kappa shape index (κ2) is 6.21. The van der Waals surface area contributed by atoms with Gasteiger partial charge in [0.15, 0.2) is 0 Å². The summed E-state index contributed by atoms with van der Waals surface area (Å²) in [6.45, 7) is 0. The zero-order chi connectivity index (χ0) is 14.4. The summed E-state index contributed by atoms with van der Waals surface area (Å²) in [6, 6.07) is 15.9. The predicted molar refractivity (Wildman–Crippen MR) is 74.3 cm³/mol. The van der Waals surface area contributed by atoms with E-state index < -0.39 is 5.97 Å². The van der Waals surface area contributed by atoms with E-state index in [-0.39, 0.29) is 0 Å². The van der Waals surface area contributed by atoms with Crippen LogP contribution in [-0.4, -0.2) is 11.1 Å². The largest absolute Gasteiger partial charge is 0.478 e. The lowest BCUT2D eigenvalue weighted by Crippen LogP contribution is -1.87. The van der Waals surface area contributed by atoms with Crippen molar-refractivity contribution in [2.45, 2.75) is 0 Å². The molecular formula is C16H11NO3. The molecule has 0 aliphatic rings. The fraction of sp³-hybridized carbons (Fsp3) is 0. The van der Waals surface area contributed by atoms with Gasteiger partial charge in [0.05, 0.1) is 11.6 Å². The van der Waals surface area contributed by atoms with Crippen LogP contribution in [0.1, 0.15) is 11.1 Å². The van der Waals surface area contributed by atoms with E-state index in [9.17, 15) is 4.79 Å². The number of carboxylic acids is 1. The summed E-state index contributed by atoms with van der Waals surface area (Å²) in [7, 11) is 0. The number of aliphatic carboxylic acids is 1. The smallest absolute Gasteiger partial charge is 0.328 e. The Labute approximate surface area is 116 Å². The lowest BCUT2D eigenvalue weighted by molar-refractivity contribution is -0.131. The van der Waals surface area contributed by atoms with Gasteiger partial charge in [-0.05, 0) is 48.0 Å². The van der Waals surface area contributed by atoms with Crippen LogP contribution in [0.3, 0.4) is 0 Å². The number of ether oxygens (including phenoxy) is 1. The number of nitrogens with zero attached hydrogens (tertiary/aromatic N) is 1. The third kappa shape index (κ3) is 3.72. The maximum atomic E-state index is 10.5. The highest BCUT2D eigenvalue weighted by atomic mass is 16.5. The Bertz CT molecular complexity index is 682. The molecule has 0 bridgehead atoms. The summed E-state index contributed by atoms with van der Waals surface area (Å²) in [5, 5.41) is 17.3. The molecule has 0 aliphatic carbocycles. The first-order chi connectivity index (χ1) is 9.67. The summed E-state index contributed by atoms with van der Waals surface area (Å²) in [4.78, 5) is 10.5. The van der Waals surface area contributed by atoms with E-state index in [1.165, 1.54) is 6.08 Å². The van der Waals surface area contributed by atoms with Gasteiger partial charge in [0, 0.05) is 6.08 Å². The second-order valence-electron chi connectivity index (χ2n) is 3.98. The molecule has 0 saturated carbocycles. The van der Waals surface area contributed by atoms with E-state index in [0.717, 1.165) is 11.6 Å². The van der Waals surface area contributed by atoms with Crippen LogP contribution in [-0.2, 0) is 4.79 Å². The first kappa shape index (κ1) is 13.4. The van der Waals surface area contributed by atoms with Gasteiger partial charge in [-0.15, -0.1) is 0 Å². The Morgan fingerprint density at radius 3 is 2.55 bits per heavy atom. The number of carboxylic acid groups (broad SMARTS) is 1. The molecule has 0 fully saturated rings. The molecule has 4 heteroatoms. The Kier molecular flexibility index (Phi) is 4.15. The van der Waals surface area contributed by atoms with Crippen LogP contribution in [0.15, 0.2) is 54.6 Å². The Morgan fingerprint density at radius 2 is 1.90 bits per heavy atom. The van der Waals surface area contributed by atoms with Crippen molar-refractivity contribution in [3.63, 3.8) is 0 Å². The molecule has 0 radical (unpaired) electrons. The van der Waals surface area contributed by atoms with E-state index >= 15 is 0 Å². The molecule has 4 nitrogen and oxygen atoms in total. The normalized spacial score (nSPS) is 10.2. The topological polar surface area (TPSA) is 70.3 Å². The molecule has 0 unspecified atom stereocenters. The van der Waals surface area contributed by atoms with E-state index in [1.807, 2.05) is 6.07 Å². The Hall–Kier alpha value is -3.06. The predicted octanol–water partition coefficient (Wildman–Crippen LogP) is 3.45. The van der Waals surface area contributed by atoms with Crippen molar-refractivity contribution in [1.29, 1.82) is 5.26 Å². The highest BCUT2D eigenvalue weighted by Crippen LogP contribution is 2.22. The highest BCUT2D eigenvalue weighted by Gasteiger charge is 1.99. The van der Waals surface area contributed by atoms with Gasteiger partial charge in [-0.3, -0.25) is 0 Å². The first-order valence-electron chi connectivity index (χ1n) is 5.86. The van der Waals surface area contributed by atoms with Gasteiger partial charge in [-0.2, -0.15) is 5.26 Å². The number of benzene rings is 2. The van der Waals surface area contributed by atoms with Crippen molar-refractivity contribution in [1.82, 2.24) is 0 Å². The van der Waals surface area contributed by atoms with Gasteiger partial charge >= 0.3 is 5.97 Å². The van der Waals surface area contributed by atoms with Crippen molar-refractivity contribution in [3.8, 4) is 17.6 Å². The van der Waals surface area contributed by atoms with Crippen LogP contribution in [0.2, 0.25) is 0 Å². The van der Waals surface area contributed by atoms with Gasteiger partial charge < -0.3 is 9.84 Å². The zero-order valence-electron chi connectivity index (χ0n) is 10.5. The lowest BCUT2D eigenvalue weighted by Gasteiger charge is -2.06. The monoisotopic (exact) mass is 265 g/mol. The SMILES string of the molecule is N#Cc1ccc(Oc2cccc(C=CC(=O)O)c2)cc1. The van der Waals surface area contributed by atoms with Gasteiger partial charge in [-0.25, -0.2) is 4.79 Å². The van der Waals surface area contributed by atoms with Crippen LogP contribution in [0.4, 0.5) is 0 Å². The molecule has 0 atom stereocenters. The zero-order valence-corrected chi connectivity index (χ0v) is 10.5. The van der Waals surface area contributed by atoms with Crippen LogP contribution < -0.4 is 4.74 Å². The number of rotatable bonds is 4. The van der Waals surface area contributed by atoms with Crippen LogP contribution in [0.5, 0.6) is 11.5 Å². The number of nitriles is 1. The van der Waals surface area contributed by atoms with E-state index in [0.29, 0.717) is 17.1 Å².